The molecule has 6 nitrogen and oxygen atoms in total. The number of oxime groups is 1. The number of rotatable bonds is 7. The van der Waals surface area contributed by atoms with Gasteiger partial charge < -0.3 is 9.40 Å². The highest BCUT2D eigenvalue weighted by Gasteiger charge is 2.23. The summed E-state index contributed by atoms with van der Waals surface area (Å²) in [6.07, 6.45) is 1.96. The molecule has 0 aliphatic heterocycles. The third kappa shape index (κ3) is 4.99. The van der Waals surface area contributed by atoms with Crippen molar-refractivity contribution >= 4 is 28.4 Å². The van der Waals surface area contributed by atoms with Crippen LogP contribution < -0.4 is 0 Å². The topological polar surface area (TPSA) is 84.4 Å². The Kier molecular flexibility index (Phi) is 6.92. The number of carbonyl (C=O) groups is 2. The molecule has 0 bridgehead atoms. The first-order chi connectivity index (χ1) is 18.5. The zero-order chi connectivity index (χ0) is 26.5. The first-order valence-corrected chi connectivity index (χ1v) is 12.1. The molecular formula is C32H23N3O3. The minimum absolute atomic E-state index is 0.117. The first kappa shape index (κ1) is 24.4. The molecular weight excluding hydrogens is 474 g/mol. The molecule has 5 aromatic rings. The van der Waals surface area contributed by atoms with Crippen LogP contribution in [0.4, 0.5) is 0 Å². The van der Waals surface area contributed by atoms with E-state index in [1.807, 2.05) is 72.2 Å². The van der Waals surface area contributed by atoms with Crippen LogP contribution in [0.25, 0.3) is 16.6 Å². The lowest BCUT2D eigenvalue weighted by Gasteiger charge is -2.08. The second kappa shape index (κ2) is 10.8. The zero-order valence-electron chi connectivity index (χ0n) is 20.7. The zero-order valence-corrected chi connectivity index (χ0v) is 20.7. The molecule has 0 aliphatic carbocycles. The monoisotopic (exact) mass is 497 g/mol. The molecule has 184 valence electrons. The van der Waals surface area contributed by atoms with Gasteiger partial charge in [-0.3, -0.25) is 4.79 Å². The Bertz CT molecular complexity index is 1710. The van der Waals surface area contributed by atoms with Crippen molar-refractivity contribution in [2.24, 2.45) is 5.16 Å². The molecule has 1 heterocycles. The lowest BCUT2D eigenvalue weighted by atomic mass is 9.98. The van der Waals surface area contributed by atoms with Crippen LogP contribution in [-0.4, -0.2) is 22.0 Å². The third-order valence-corrected chi connectivity index (χ3v) is 6.36. The predicted octanol–water partition coefficient (Wildman–Crippen LogP) is 6.45. The second-order valence-electron chi connectivity index (χ2n) is 8.80. The molecule has 0 unspecified atom stereocenters. The van der Waals surface area contributed by atoms with Gasteiger partial charge in [0.05, 0.1) is 22.7 Å². The molecule has 1 aromatic heterocycles. The number of ketones is 1. The Morgan fingerprint density at radius 2 is 1.55 bits per heavy atom. The van der Waals surface area contributed by atoms with E-state index in [0.29, 0.717) is 16.7 Å². The van der Waals surface area contributed by atoms with Crippen molar-refractivity contribution in [2.75, 3.05) is 0 Å². The summed E-state index contributed by atoms with van der Waals surface area (Å²) in [5, 5.41) is 14.0. The summed E-state index contributed by atoms with van der Waals surface area (Å²) in [5.41, 5.74) is 5.00. The number of hydrogen-bond acceptors (Lipinski definition) is 5. The molecule has 0 saturated heterocycles. The van der Waals surface area contributed by atoms with Gasteiger partial charge in [0, 0.05) is 29.3 Å². The van der Waals surface area contributed by atoms with E-state index in [-0.39, 0.29) is 17.9 Å². The average molecular weight is 498 g/mol. The van der Waals surface area contributed by atoms with Gasteiger partial charge in [-0.2, -0.15) is 5.26 Å². The molecule has 0 aliphatic rings. The normalized spacial score (nSPS) is 11.2. The van der Waals surface area contributed by atoms with E-state index in [1.165, 1.54) is 0 Å². The van der Waals surface area contributed by atoms with Crippen molar-refractivity contribution in [3.63, 3.8) is 0 Å². The Balaban J connectivity index is 1.57. The lowest BCUT2D eigenvalue weighted by Crippen LogP contribution is -2.19. The van der Waals surface area contributed by atoms with Gasteiger partial charge in [0.15, 0.2) is 0 Å². The smallest absolute Gasteiger partial charge is 0.316 e. The molecule has 4 aromatic carbocycles. The summed E-state index contributed by atoms with van der Waals surface area (Å²) in [7, 11) is 0. The molecule has 0 saturated carbocycles. The Morgan fingerprint density at radius 3 is 2.29 bits per heavy atom. The summed E-state index contributed by atoms with van der Waals surface area (Å²) in [6.45, 7) is 1.96. The SMILES string of the molecule is Cc1ccccc1C/C(=N\OC(=O)c1ccccc1)C(=O)c1cn(-c2ccc(C#N)cc2)c2ccccc12. The van der Waals surface area contributed by atoms with Crippen molar-refractivity contribution in [3.05, 3.63) is 137 Å². The van der Waals surface area contributed by atoms with Crippen LogP contribution in [0.15, 0.2) is 114 Å². The molecule has 5 rings (SSSR count). The van der Waals surface area contributed by atoms with Crippen LogP contribution in [0.1, 0.15) is 37.4 Å². The van der Waals surface area contributed by atoms with E-state index in [1.54, 1.807) is 48.7 Å². The number of nitriles is 1. The molecule has 0 N–H and O–H groups in total. The van der Waals surface area contributed by atoms with Crippen LogP contribution in [0.3, 0.4) is 0 Å². The summed E-state index contributed by atoms with van der Waals surface area (Å²) < 4.78 is 1.91. The number of aryl methyl sites for hydroxylation is 1. The molecule has 0 fully saturated rings. The van der Waals surface area contributed by atoms with E-state index >= 15 is 0 Å². The van der Waals surface area contributed by atoms with Gasteiger partial charge in [-0.05, 0) is 60.5 Å². The Labute approximate surface area is 220 Å². The highest BCUT2D eigenvalue weighted by atomic mass is 16.7. The van der Waals surface area contributed by atoms with Gasteiger partial charge >= 0.3 is 5.97 Å². The maximum atomic E-state index is 14.0. The lowest BCUT2D eigenvalue weighted by molar-refractivity contribution is 0.0515. The van der Waals surface area contributed by atoms with Crippen LogP contribution in [0.2, 0.25) is 0 Å². The van der Waals surface area contributed by atoms with Gasteiger partial charge in [-0.1, -0.05) is 65.8 Å². The number of para-hydroxylation sites is 1. The second-order valence-corrected chi connectivity index (χ2v) is 8.80. The molecule has 0 atom stereocenters. The summed E-state index contributed by atoms with van der Waals surface area (Å²) >= 11 is 0. The third-order valence-electron chi connectivity index (χ3n) is 6.36. The van der Waals surface area contributed by atoms with E-state index in [9.17, 15) is 9.59 Å². The van der Waals surface area contributed by atoms with Gasteiger partial charge in [0.2, 0.25) is 5.78 Å². The van der Waals surface area contributed by atoms with Crippen molar-refractivity contribution in [3.8, 4) is 11.8 Å². The number of Topliss-reactive ketones (excluding diaryl/α,β-unsaturated/α-hetero) is 1. The number of benzene rings is 4. The molecule has 0 radical (unpaired) electrons. The standard InChI is InChI=1S/C32H23N3O3/c1-22-9-5-6-12-25(22)19-29(34-38-32(37)24-10-3-2-4-11-24)31(36)28-21-35(30-14-8-7-13-27(28)30)26-17-15-23(20-33)16-18-26/h2-18,21H,19H2,1H3/b34-29+. The van der Waals surface area contributed by atoms with Crippen molar-refractivity contribution in [2.45, 2.75) is 13.3 Å². The van der Waals surface area contributed by atoms with E-state index in [2.05, 4.69) is 11.2 Å². The van der Waals surface area contributed by atoms with Gasteiger partial charge in [0.1, 0.15) is 5.71 Å². The maximum Gasteiger partial charge on any atom is 0.365 e. The van der Waals surface area contributed by atoms with Gasteiger partial charge in [-0.25, -0.2) is 4.79 Å². The van der Waals surface area contributed by atoms with E-state index < -0.39 is 5.97 Å². The average Bonchev–Trinajstić information content (AvgIpc) is 3.36. The van der Waals surface area contributed by atoms with Crippen molar-refractivity contribution < 1.29 is 14.4 Å². The van der Waals surface area contributed by atoms with Gasteiger partial charge in [0.25, 0.3) is 0 Å². The Hall–Kier alpha value is -5.28. The largest absolute Gasteiger partial charge is 0.365 e. The highest BCUT2D eigenvalue weighted by Crippen LogP contribution is 2.26. The fourth-order valence-corrected chi connectivity index (χ4v) is 4.29. The minimum Gasteiger partial charge on any atom is -0.316 e. The van der Waals surface area contributed by atoms with E-state index in [0.717, 1.165) is 27.7 Å². The maximum absolute atomic E-state index is 14.0. The molecule has 0 spiro atoms. The highest BCUT2D eigenvalue weighted by molar-refractivity contribution is 6.48. The van der Waals surface area contributed by atoms with Crippen LogP contribution in [0, 0.1) is 18.3 Å². The van der Waals surface area contributed by atoms with Crippen molar-refractivity contribution in [1.82, 2.24) is 4.57 Å². The number of hydrogen-bond donors (Lipinski definition) is 0. The fraction of sp³-hybridized carbons (Fsp3) is 0.0625. The van der Waals surface area contributed by atoms with Gasteiger partial charge in [-0.15, -0.1) is 0 Å². The van der Waals surface area contributed by atoms with Crippen LogP contribution in [-0.2, 0) is 11.3 Å². The van der Waals surface area contributed by atoms with Crippen molar-refractivity contribution in [1.29, 1.82) is 5.26 Å². The number of aromatic nitrogens is 1. The minimum atomic E-state index is -0.638. The number of nitrogens with zero attached hydrogens (tertiary/aromatic N) is 3. The fourth-order valence-electron chi connectivity index (χ4n) is 4.29. The molecule has 0 amide bonds. The number of fused-ring (bicyclic) bond motifs is 1. The quantitative estimate of drug-likeness (QED) is 0.112. The molecule has 38 heavy (non-hydrogen) atoms. The summed E-state index contributed by atoms with van der Waals surface area (Å²) in [5.74, 6) is -0.974. The predicted molar refractivity (Wildman–Crippen MR) is 146 cm³/mol. The number of carbonyl (C=O) groups excluding carboxylic acids is 2. The summed E-state index contributed by atoms with van der Waals surface area (Å²) in [6, 6.07) is 33.1. The molecule has 6 heteroatoms. The Morgan fingerprint density at radius 1 is 0.868 bits per heavy atom. The van der Waals surface area contributed by atoms with E-state index in [4.69, 9.17) is 10.1 Å². The van der Waals surface area contributed by atoms with Crippen LogP contribution >= 0.6 is 0 Å². The summed E-state index contributed by atoms with van der Waals surface area (Å²) in [4.78, 5) is 31.9. The first-order valence-electron chi connectivity index (χ1n) is 12.1. The van der Waals surface area contributed by atoms with Crippen LogP contribution in [0.5, 0.6) is 0 Å².